The van der Waals surface area contributed by atoms with Crippen LogP contribution in [0.5, 0.6) is 5.75 Å². The van der Waals surface area contributed by atoms with Gasteiger partial charge in [0.25, 0.3) is 0 Å². The topological polar surface area (TPSA) is 101 Å². The quantitative estimate of drug-likeness (QED) is 0.377. The molecule has 4 N–H and O–H groups in total. The number of hydrogen-bond donors (Lipinski definition) is 3. The van der Waals surface area contributed by atoms with Crippen molar-refractivity contribution in [1.29, 1.82) is 0 Å². The van der Waals surface area contributed by atoms with Crippen molar-refractivity contribution in [2.24, 2.45) is 5.73 Å². The average Bonchev–Trinajstić information content (AvgIpc) is 2.80. The van der Waals surface area contributed by atoms with E-state index in [-0.39, 0.29) is 18.2 Å². The molecule has 182 valence electrons. The molecule has 0 aliphatic carbocycles. The zero-order chi connectivity index (χ0) is 22.8. The van der Waals surface area contributed by atoms with Crippen molar-refractivity contribution in [1.82, 2.24) is 9.88 Å². The molecule has 0 saturated carbocycles. The van der Waals surface area contributed by atoms with Gasteiger partial charge in [-0.3, -0.25) is 9.69 Å². The van der Waals surface area contributed by atoms with Gasteiger partial charge in [0.15, 0.2) is 0 Å². The first-order chi connectivity index (χ1) is 15.5. The highest BCUT2D eigenvalue weighted by Crippen LogP contribution is 2.20. The molecule has 1 aliphatic rings. The number of aromatic nitrogens is 1. The standard InChI is InChI=1S/C24H33FN4O3.ClH/c25-19-7-10-21(11-8-19)32-17-16-29(15-12-22(26)24(30)31)14-2-1-5-20-9-6-18-4-3-13-27-23(18)28-20;/h6-11,22H,1-5,12-17,26H2,(H,27,28)(H,30,31);1H/t22-;/m0./s1. The number of rotatable bonds is 13. The number of carboxylic acids is 1. The second-order valence-electron chi connectivity index (χ2n) is 8.18. The van der Waals surface area contributed by atoms with E-state index in [0.29, 0.717) is 31.9 Å². The molecule has 2 heterocycles. The Balaban J connectivity index is 0.00000385. The Kier molecular flexibility index (Phi) is 11.4. The van der Waals surface area contributed by atoms with Crippen LogP contribution >= 0.6 is 12.4 Å². The van der Waals surface area contributed by atoms with Gasteiger partial charge >= 0.3 is 5.97 Å². The lowest BCUT2D eigenvalue weighted by molar-refractivity contribution is -0.138. The van der Waals surface area contributed by atoms with Gasteiger partial charge in [0.1, 0.15) is 30.0 Å². The van der Waals surface area contributed by atoms with Crippen LogP contribution in [0, 0.1) is 5.82 Å². The Labute approximate surface area is 200 Å². The molecule has 0 spiro atoms. The summed E-state index contributed by atoms with van der Waals surface area (Å²) in [6.07, 6.45) is 5.48. The number of aliphatic carboxylic acids is 1. The summed E-state index contributed by atoms with van der Waals surface area (Å²) in [5.74, 6) is 0.349. The summed E-state index contributed by atoms with van der Waals surface area (Å²) in [6, 6.07) is 9.35. The van der Waals surface area contributed by atoms with Crippen molar-refractivity contribution >= 4 is 24.2 Å². The van der Waals surface area contributed by atoms with Crippen LogP contribution in [-0.4, -0.2) is 59.8 Å². The highest BCUT2D eigenvalue weighted by atomic mass is 35.5. The maximum absolute atomic E-state index is 13.0. The Morgan fingerprint density at radius 1 is 1.18 bits per heavy atom. The van der Waals surface area contributed by atoms with Crippen LogP contribution in [0.2, 0.25) is 0 Å². The Morgan fingerprint density at radius 2 is 1.97 bits per heavy atom. The van der Waals surface area contributed by atoms with Gasteiger partial charge in [0.05, 0.1) is 0 Å². The molecule has 1 aromatic heterocycles. The van der Waals surface area contributed by atoms with E-state index in [4.69, 9.17) is 20.6 Å². The van der Waals surface area contributed by atoms with E-state index in [9.17, 15) is 9.18 Å². The van der Waals surface area contributed by atoms with Crippen LogP contribution in [0.3, 0.4) is 0 Å². The first-order valence-corrected chi connectivity index (χ1v) is 11.3. The van der Waals surface area contributed by atoms with Gasteiger partial charge in [-0.1, -0.05) is 6.07 Å². The van der Waals surface area contributed by atoms with Crippen LogP contribution in [0.1, 0.15) is 36.9 Å². The number of ether oxygens (including phenoxy) is 1. The van der Waals surface area contributed by atoms with Crippen LogP contribution in [0.25, 0.3) is 0 Å². The minimum absolute atomic E-state index is 0. The number of halogens is 2. The van der Waals surface area contributed by atoms with Crippen LogP contribution in [-0.2, 0) is 17.6 Å². The van der Waals surface area contributed by atoms with Gasteiger partial charge < -0.3 is 20.9 Å². The summed E-state index contributed by atoms with van der Waals surface area (Å²) in [5, 5.41) is 12.4. The molecule has 2 aromatic rings. The molecule has 0 saturated heterocycles. The molecule has 9 heteroatoms. The van der Waals surface area contributed by atoms with E-state index in [2.05, 4.69) is 22.3 Å². The van der Waals surface area contributed by atoms with Crippen LogP contribution < -0.4 is 15.8 Å². The zero-order valence-electron chi connectivity index (χ0n) is 18.8. The number of hydrogen-bond acceptors (Lipinski definition) is 6. The molecule has 7 nitrogen and oxygen atoms in total. The second-order valence-corrected chi connectivity index (χ2v) is 8.18. The molecule has 0 amide bonds. The maximum Gasteiger partial charge on any atom is 0.320 e. The molecule has 1 aromatic carbocycles. The predicted octanol–water partition coefficient (Wildman–Crippen LogP) is 3.51. The summed E-state index contributed by atoms with van der Waals surface area (Å²) in [4.78, 5) is 18.0. The molecule has 1 aliphatic heterocycles. The Morgan fingerprint density at radius 3 is 2.73 bits per heavy atom. The van der Waals surface area contributed by atoms with Crippen molar-refractivity contribution in [2.75, 3.05) is 38.1 Å². The number of benzene rings is 1. The molecule has 3 rings (SSSR count). The van der Waals surface area contributed by atoms with Crippen molar-refractivity contribution < 1.29 is 19.0 Å². The molecule has 33 heavy (non-hydrogen) atoms. The fourth-order valence-electron chi connectivity index (χ4n) is 3.75. The lowest BCUT2D eigenvalue weighted by Crippen LogP contribution is -2.37. The van der Waals surface area contributed by atoms with Crippen molar-refractivity contribution in [3.8, 4) is 5.75 Å². The normalized spacial score (nSPS) is 13.5. The number of fused-ring (bicyclic) bond motifs is 1. The summed E-state index contributed by atoms with van der Waals surface area (Å²) < 4.78 is 18.7. The highest BCUT2D eigenvalue weighted by molar-refractivity contribution is 5.85. The number of anilines is 1. The number of pyridine rings is 1. The summed E-state index contributed by atoms with van der Waals surface area (Å²) in [7, 11) is 0. The van der Waals surface area contributed by atoms with E-state index < -0.39 is 12.0 Å². The van der Waals surface area contributed by atoms with Gasteiger partial charge in [-0.2, -0.15) is 0 Å². The van der Waals surface area contributed by atoms with Crippen molar-refractivity contribution in [2.45, 2.75) is 44.6 Å². The Hall–Kier alpha value is -2.42. The summed E-state index contributed by atoms with van der Waals surface area (Å²) >= 11 is 0. The lowest BCUT2D eigenvalue weighted by atomic mass is 10.1. The molecule has 0 bridgehead atoms. The van der Waals surface area contributed by atoms with E-state index >= 15 is 0 Å². The summed E-state index contributed by atoms with van der Waals surface area (Å²) in [5.41, 5.74) is 8.07. The third kappa shape index (κ3) is 9.15. The largest absolute Gasteiger partial charge is 0.492 e. The first kappa shape index (κ1) is 26.8. The fraction of sp³-hybridized carbons (Fsp3) is 0.500. The van der Waals surface area contributed by atoms with E-state index in [1.807, 2.05) is 0 Å². The molecular formula is C24H34ClFN4O3. The number of carbonyl (C=O) groups is 1. The van der Waals surface area contributed by atoms with Crippen molar-refractivity contribution in [3.63, 3.8) is 0 Å². The average molecular weight is 481 g/mol. The number of unbranched alkanes of at least 4 members (excludes halogenated alkanes) is 1. The number of nitrogens with one attached hydrogen (secondary N) is 1. The first-order valence-electron chi connectivity index (χ1n) is 11.3. The number of aryl methyl sites for hydroxylation is 2. The molecule has 0 radical (unpaired) electrons. The van der Waals surface area contributed by atoms with Crippen LogP contribution in [0.15, 0.2) is 36.4 Å². The van der Waals surface area contributed by atoms with E-state index in [1.54, 1.807) is 12.1 Å². The molecule has 1 atom stereocenters. The van der Waals surface area contributed by atoms with Gasteiger partial charge in [0.2, 0.25) is 0 Å². The summed E-state index contributed by atoms with van der Waals surface area (Å²) in [6.45, 7) is 3.47. The van der Waals surface area contributed by atoms with Gasteiger partial charge in [-0.15, -0.1) is 12.4 Å². The third-order valence-corrected chi connectivity index (χ3v) is 5.67. The van der Waals surface area contributed by atoms with E-state index in [1.165, 1.54) is 17.7 Å². The monoisotopic (exact) mass is 480 g/mol. The van der Waals surface area contributed by atoms with Gasteiger partial charge in [-0.25, -0.2) is 9.37 Å². The minimum atomic E-state index is -0.986. The number of carboxylic acid groups (broad SMARTS) is 1. The second kappa shape index (κ2) is 14.0. The SMILES string of the molecule is Cl.N[C@@H](CCN(CCCCc1ccc2c(n1)NCCC2)CCOc1ccc(F)cc1)C(=O)O. The van der Waals surface area contributed by atoms with Crippen LogP contribution in [0.4, 0.5) is 10.2 Å². The molecule has 0 fully saturated rings. The minimum Gasteiger partial charge on any atom is -0.492 e. The lowest BCUT2D eigenvalue weighted by Gasteiger charge is -2.23. The Bertz CT molecular complexity index is 869. The third-order valence-electron chi connectivity index (χ3n) is 5.67. The van der Waals surface area contributed by atoms with E-state index in [0.717, 1.165) is 56.7 Å². The van der Waals surface area contributed by atoms with Gasteiger partial charge in [-0.05, 0) is 81.0 Å². The smallest absolute Gasteiger partial charge is 0.320 e. The number of nitrogens with two attached hydrogens (primary N) is 1. The predicted molar refractivity (Wildman–Crippen MR) is 130 cm³/mol. The number of nitrogens with zero attached hydrogens (tertiary/aromatic N) is 2. The zero-order valence-corrected chi connectivity index (χ0v) is 19.7. The molecule has 0 unspecified atom stereocenters. The van der Waals surface area contributed by atoms with Crippen molar-refractivity contribution in [3.05, 3.63) is 53.5 Å². The fourth-order valence-corrected chi connectivity index (χ4v) is 3.75. The molecular weight excluding hydrogens is 447 g/mol. The highest BCUT2D eigenvalue weighted by Gasteiger charge is 2.14. The van der Waals surface area contributed by atoms with Gasteiger partial charge in [0, 0.05) is 25.3 Å². The maximum atomic E-state index is 13.0.